The Balaban J connectivity index is 2.09. The summed E-state index contributed by atoms with van der Waals surface area (Å²) in [6, 6.07) is 8.28. The highest BCUT2D eigenvalue weighted by molar-refractivity contribution is 5.86. The second-order valence-electron chi connectivity index (χ2n) is 4.83. The minimum absolute atomic E-state index is 0.523. The molecule has 0 spiro atoms. The highest BCUT2D eigenvalue weighted by Gasteiger charge is 2.18. The van der Waals surface area contributed by atoms with E-state index in [4.69, 9.17) is 4.74 Å². The molecule has 1 saturated heterocycles. The van der Waals surface area contributed by atoms with Gasteiger partial charge >= 0.3 is 0 Å². The van der Waals surface area contributed by atoms with E-state index in [1.54, 1.807) is 7.11 Å². The first kappa shape index (κ1) is 11.5. The molecule has 2 aromatic rings. The van der Waals surface area contributed by atoms with E-state index >= 15 is 0 Å². The lowest BCUT2D eigenvalue weighted by Gasteiger charge is -2.23. The fourth-order valence-electron chi connectivity index (χ4n) is 2.71. The number of pyridine rings is 1. The van der Waals surface area contributed by atoms with Crippen molar-refractivity contribution in [2.24, 2.45) is 0 Å². The molecule has 1 unspecified atom stereocenters. The summed E-state index contributed by atoms with van der Waals surface area (Å²) in [5, 5.41) is 5.92. The molecule has 0 aliphatic carbocycles. The third-order valence-corrected chi connectivity index (χ3v) is 3.69. The number of nitrogens with one attached hydrogen (secondary N) is 1. The second kappa shape index (κ2) is 4.94. The minimum Gasteiger partial charge on any atom is -0.497 e. The lowest BCUT2D eigenvalue weighted by molar-refractivity contribution is 0.415. The molecule has 1 aliphatic rings. The highest BCUT2D eigenvalue weighted by Crippen LogP contribution is 2.30. The van der Waals surface area contributed by atoms with E-state index in [2.05, 4.69) is 28.5 Å². The second-order valence-corrected chi connectivity index (χ2v) is 4.83. The van der Waals surface area contributed by atoms with Crippen LogP contribution in [-0.4, -0.2) is 25.2 Å². The third kappa shape index (κ3) is 2.06. The quantitative estimate of drug-likeness (QED) is 0.879. The first-order chi connectivity index (χ1) is 8.88. The number of methoxy groups -OCH3 is 1. The zero-order chi connectivity index (χ0) is 12.4. The summed E-state index contributed by atoms with van der Waals surface area (Å²) >= 11 is 0. The molecule has 1 fully saturated rings. The van der Waals surface area contributed by atoms with E-state index < -0.39 is 0 Å². The molecule has 0 amide bonds. The van der Waals surface area contributed by atoms with Crippen molar-refractivity contribution in [1.82, 2.24) is 10.3 Å². The van der Waals surface area contributed by atoms with Gasteiger partial charge in [-0.1, -0.05) is 6.07 Å². The first-order valence-electron chi connectivity index (χ1n) is 6.52. The van der Waals surface area contributed by atoms with Gasteiger partial charge in [-0.3, -0.25) is 4.98 Å². The van der Waals surface area contributed by atoms with Crippen LogP contribution in [0.3, 0.4) is 0 Å². The smallest absolute Gasteiger partial charge is 0.119 e. The molecule has 18 heavy (non-hydrogen) atoms. The molecule has 94 valence electrons. The summed E-state index contributed by atoms with van der Waals surface area (Å²) in [6.07, 6.45) is 4.36. The maximum atomic E-state index is 5.32. The number of benzene rings is 1. The molecule has 1 aliphatic heterocycles. The van der Waals surface area contributed by atoms with Crippen LogP contribution in [0.2, 0.25) is 0 Å². The van der Waals surface area contributed by atoms with E-state index in [0.717, 1.165) is 18.8 Å². The Kier molecular flexibility index (Phi) is 3.15. The summed E-state index contributed by atoms with van der Waals surface area (Å²) in [6.45, 7) is 2.16. The molecule has 3 nitrogen and oxygen atoms in total. The summed E-state index contributed by atoms with van der Waals surface area (Å²) in [7, 11) is 1.71. The molecule has 1 aromatic heterocycles. The Labute approximate surface area is 107 Å². The van der Waals surface area contributed by atoms with Crippen molar-refractivity contribution in [3.8, 4) is 5.75 Å². The number of fused-ring (bicyclic) bond motifs is 1. The van der Waals surface area contributed by atoms with Gasteiger partial charge < -0.3 is 10.1 Å². The molecule has 1 aromatic carbocycles. The lowest BCUT2D eigenvalue weighted by atomic mass is 9.92. The van der Waals surface area contributed by atoms with E-state index in [9.17, 15) is 0 Å². The van der Waals surface area contributed by atoms with Gasteiger partial charge in [-0.05, 0) is 43.0 Å². The Morgan fingerprint density at radius 1 is 1.33 bits per heavy atom. The number of piperidine rings is 1. The molecule has 1 N–H and O–H groups in total. The zero-order valence-corrected chi connectivity index (χ0v) is 10.6. The van der Waals surface area contributed by atoms with Crippen LogP contribution >= 0.6 is 0 Å². The average molecular weight is 242 g/mol. The van der Waals surface area contributed by atoms with Gasteiger partial charge in [0.05, 0.1) is 12.8 Å². The topological polar surface area (TPSA) is 34.1 Å². The lowest BCUT2D eigenvalue weighted by Crippen LogP contribution is -2.28. The Morgan fingerprint density at radius 3 is 3.06 bits per heavy atom. The van der Waals surface area contributed by atoms with Crippen LogP contribution in [0, 0.1) is 0 Å². The van der Waals surface area contributed by atoms with Crippen molar-refractivity contribution in [2.45, 2.75) is 18.8 Å². The SMILES string of the molecule is COc1ccc2ccnc(C3CCCNC3)c2c1. The van der Waals surface area contributed by atoms with Crippen LogP contribution in [0.15, 0.2) is 30.5 Å². The number of rotatable bonds is 2. The van der Waals surface area contributed by atoms with Crippen LogP contribution in [-0.2, 0) is 0 Å². The van der Waals surface area contributed by atoms with E-state index in [0.29, 0.717) is 5.92 Å². The number of hydrogen-bond donors (Lipinski definition) is 1. The molecule has 1 atom stereocenters. The van der Waals surface area contributed by atoms with Crippen LogP contribution in [0.5, 0.6) is 5.75 Å². The molecule has 0 saturated carbocycles. The summed E-state index contributed by atoms with van der Waals surface area (Å²) < 4.78 is 5.32. The van der Waals surface area contributed by atoms with Gasteiger partial charge in [0, 0.05) is 24.0 Å². The standard InChI is InChI=1S/C15H18N2O/c1-18-13-5-4-11-6-8-17-15(14(11)9-13)12-3-2-7-16-10-12/h4-6,8-9,12,16H,2-3,7,10H2,1H3. The Morgan fingerprint density at radius 2 is 2.28 bits per heavy atom. The normalized spacial score (nSPS) is 19.9. The number of nitrogens with zero attached hydrogens (tertiary/aromatic N) is 1. The third-order valence-electron chi connectivity index (χ3n) is 3.69. The van der Waals surface area contributed by atoms with Crippen molar-refractivity contribution >= 4 is 10.8 Å². The fraction of sp³-hybridized carbons (Fsp3) is 0.400. The van der Waals surface area contributed by atoms with Gasteiger partial charge in [0.1, 0.15) is 5.75 Å². The minimum atomic E-state index is 0.523. The molecule has 0 radical (unpaired) electrons. The maximum Gasteiger partial charge on any atom is 0.119 e. The van der Waals surface area contributed by atoms with E-state index in [-0.39, 0.29) is 0 Å². The maximum absolute atomic E-state index is 5.32. The predicted molar refractivity (Wildman–Crippen MR) is 73.1 cm³/mol. The van der Waals surface area contributed by atoms with E-state index in [1.165, 1.54) is 29.3 Å². The highest BCUT2D eigenvalue weighted by atomic mass is 16.5. The van der Waals surface area contributed by atoms with Gasteiger partial charge in [0.25, 0.3) is 0 Å². The van der Waals surface area contributed by atoms with Crippen molar-refractivity contribution in [2.75, 3.05) is 20.2 Å². The van der Waals surface area contributed by atoms with Crippen LogP contribution in [0.25, 0.3) is 10.8 Å². The number of aromatic nitrogens is 1. The average Bonchev–Trinajstić information content (AvgIpc) is 2.47. The molecular weight excluding hydrogens is 224 g/mol. The van der Waals surface area contributed by atoms with Crippen molar-refractivity contribution in [3.63, 3.8) is 0 Å². The Hall–Kier alpha value is -1.61. The van der Waals surface area contributed by atoms with Crippen LogP contribution < -0.4 is 10.1 Å². The van der Waals surface area contributed by atoms with Crippen molar-refractivity contribution in [1.29, 1.82) is 0 Å². The van der Waals surface area contributed by atoms with Gasteiger partial charge in [-0.25, -0.2) is 0 Å². The van der Waals surface area contributed by atoms with Crippen molar-refractivity contribution in [3.05, 3.63) is 36.2 Å². The predicted octanol–water partition coefficient (Wildman–Crippen LogP) is 2.71. The summed E-state index contributed by atoms with van der Waals surface area (Å²) in [5.74, 6) is 1.43. The molecular formula is C15H18N2O. The Bertz CT molecular complexity index is 547. The fourth-order valence-corrected chi connectivity index (χ4v) is 2.71. The van der Waals surface area contributed by atoms with Gasteiger partial charge in [-0.15, -0.1) is 0 Å². The first-order valence-corrected chi connectivity index (χ1v) is 6.52. The summed E-state index contributed by atoms with van der Waals surface area (Å²) in [4.78, 5) is 4.61. The molecule has 3 rings (SSSR count). The van der Waals surface area contributed by atoms with Gasteiger partial charge in [0.15, 0.2) is 0 Å². The van der Waals surface area contributed by atoms with Gasteiger partial charge in [-0.2, -0.15) is 0 Å². The molecule has 3 heteroatoms. The van der Waals surface area contributed by atoms with E-state index in [1.807, 2.05) is 12.3 Å². The molecule has 2 heterocycles. The monoisotopic (exact) mass is 242 g/mol. The van der Waals surface area contributed by atoms with Gasteiger partial charge in [0.2, 0.25) is 0 Å². The van der Waals surface area contributed by atoms with Crippen molar-refractivity contribution < 1.29 is 4.74 Å². The summed E-state index contributed by atoms with van der Waals surface area (Å²) in [5.41, 5.74) is 1.21. The number of ether oxygens (including phenoxy) is 1. The largest absolute Gasteiger partial charge is 0.497 e. The molecule has 0 bridgehead atoms. The number of hydrogen-bond acceptors (Lipinski definition) is 3. The van der Waals surface area contributed by atoms with Crippen LogP contribution in [0.1, 0.15) is 24.5 Å². The zero-order valence-electron chi connectivity index (χ0n) is 10.6. The van der Waals surface area contributed by atoms with Crippen LogP contribution in [0.4, 0.5) is 0 Å².